The molecule has 1 unspecified atom stereocenters. The van der Waals surface area contributed by atoms with Crippen molar-refractivity contribution < 1.29 is 33.6 Å². The van der Waals surface area contributed by atoms with Gasteiger partial charge >= 0.3 is 11.9 Å². The van der Waals surface area contributed by atoms with E-state index in [1.54, 1.807) is 31.4 Å². The van der Waals surface area contributed by atoms with Gasteiger partial charge in [-0.3, -0.25) is 9.59 Å². The zero-order chi connectivity index (χ0) is 20.5. The van der Waals surface area contributed by atoms with Crippen LogP contribution in [0.1, 0.15) is 26.7 Å². The first-order valence-electron chi connectivity index (χ1n) is 9.60. The molecule has 156 valence electrons. The van der Waals surface area contributed by atoms with E-state index in [1.165, 1.54) is 0 Å². The quantitative estimate of drug-likeness (QED) is 0.537. The molecule has 0 spiro atoms. The number of carbonyl (C=O) groups excluding carboxylic acids is 2. The van der Waals surface area contributed by atoms with Gasteiger partial charge in [0.25, 0.3) is 0 Å². The number of hydrogen-bond donors (Lipinski definition) is 1. The van der Waals surface area contributed by atoms with Crippen LogP contribution in [0, 0.1) is 11.8 Å². The number of rotatable bonds is 1. The number of cyclic esters (lactones) is 2. The molecule has 2 rings (SSSR count). The van der Waals surface area contributed by atoms with Crippen molar-refractivity contribution in [3.63, 3.8) is 0 Å². The van der Waals surface area contributed by atoms with E-state index in [9.17, 15) is 14.7 Å². The lowest BCUT2D eigenvalue weighted by atomic mass is 9.99. The fraction of sp³-hybridized carbons (Fsp3) is 0.619. The fourth-order valence-electron chi connectivity index (χ4n) is 3.01. The van der Waals surface area contributed by atoms with Crippen molar-refractivity contribution in [1.82, 2.24) is 0 Å². The van der Waals surface area contributed by atoms with Gasteiger partial charge in [0.1, 0.15) is 25.4 Å². The van der Waals surface area contributed by atoms with Crippen LogP contribution in [0.5, 0.6) is 0 Å². The number of aliphatic hydroxyl groups is 1. The average molecular weight is 394 g/mol. The second-order valence-electron chi connectivity index (χ2n) is 7.14. The smallest absolute Gasteiger partial charge is 0.309 e. The third-order valence-electron chi connectivity index (χ3n) is 4.88. The summed E-state index contributed by atoms with van der Waals surface area (Å²) in [5, 5.41) is 10.1. The van der Waals surface area contributed by atoms with E-state index in [-0.39, 0.29) is 56.1 Å². The summed E-state index contributed by atoms with van der Waals surface area (Å²) in [6.07, 6.45) is 8.80. The highest BCUT2D eigenvalue weighted by atomic mass is 16.6. The minimum absolute atomic E-state index is 0.0201. The molecule has 0 aromatic carbocycles. The number of ether oxygens (including phenoxy) is 4. The van der Waals surface area contributed by atoms with Gasteiger partial charge in [-0.2, -0.15) is 0 Å². The molecule has 1 N–H and O–H groups in total. The van der Waals surface area contributed by atoms with E-state index in [4.69, 9.17) is 18.9 Å². The van der Waals surface area contributed by atoms with Crippen LogP contribution in [0.4, 0.5) is 0 Å². The summed E-state index contributed by atoms with van der Waals surface area (Å²) in [5.41, 5.74) is 0. The molecule has 0 aromatic heterocycles. The normalized spacial score (nSPS) is 37.9. The first-order valence-corrected chi connectivity index (χ1v) is 9.60. The molecule has 7 heteroatoms. The predicted molar refractivity (Wildman–Crippen MR) is 102 cm³/mol. The number of esters is 2. The number of fused-ring (bicyclic) bond motifs is 2. The van der Waals surface area contributed by atoms with Gasteiger partial charge in [0.2, 0.25) is 0 Å². The van der Waals surface area contributed by atoms with Crippen molar-refractivity contribution in [2.75, 3.05) is 20.3 Å². The van der Waals surface area contributed by atoms with Crippen molar-refractivity contribution in [3.8, 4) is 0 Å². The fourth-order valence-corrected chi connectivity index (χ4v) is 3.01. The first-order chi connectivity index (χ1) is 13.4. The lowest BCUT2D eigenvalue weighted by Gasteiger charge is -2.31. The van der Waals surface area contributed by atoms with E-state index in [0.29, 0.717) is 0 Å². The number of methoxy groups -OCH3 is 1. The van der Waals surface area contributed by atoms with Crippen molar-refractivity contribution >= 4 is 11.9 Å². The van der Waals surface area contributed by atoms with Crippen LogP contribution in [-0.2, 0) is 28.5 Å². The number of hydrogen-bond acceptors (Lipinski definition) is 7. The molecule has 2 aliphatic heterocycles. The zero-order valence-corrected chi connectivity index (χ0v) is 16.7. The molecule has 2 aliphatic rings. The van der Waals surface area contributed by atoms with Crippen LogP contribution in [0.15, 0.2) is 36.5 Å². The van der Waals surface area contributed by atoms with E-state index in [1.807, 2.05) is 26.0 Å². The van der Waals surface area contributed by atoms with Gasteiger partial charge in [0, 0.05) is 18.9 Å². The molecule has 0 radical (unpaired) electrons. The van der Waals surface area contributed by atoms with E-state index >= 15 is 0 Å². The minimum atomic E-state index is -0.834. The number of carbonyl (C=O) groups is 2. The third-order valence-corrected chi connectivity index (χ3v) is 4.88. The first kappa shape index (κ1) is 22.3. The Morgan fingerprint density at radius 3 is 2.18 bits per heavy atom. The Balaban J connectivity index is 2.10. The van der Waals surface area contributed by atoms with Gasteiger partial charge in [-0.05, 0) is 0 Å². The summed E-state index contributed by atoms with van der Waals surface area (Å²) in [5.74, 6) is -0.808. The van der Waals surface area contributed by atoms with Crippen molar-refractivity contribution in [2.24, 2.45) is 11.8 Å². The van der Waals surface area contributed by atoms with Crippen LogP contribution >= 0.6 is 0 Å². The lowest BCUT2D eigenvalue weighted by Crippen LogP contribution is -2.40. The van der Waals surface area contributed by atoms with Crippen molar-refractivity contribution in [2.45, 2.75) is 51.1 Å². The van der Waals surface area contributed by atoms with Gasteiger partial charge in [0.05, 0.1) is 25.0 Å². The molecule has 0 aliphatic carbocycles. The Morgan fingerprint density at radius 1 is 0.929 bits per heavy atom. The lowest BCUT2D eigenvalue weighted by molar-refractivity contribution is -0.153. The maximum absolute atomic E-state index is 12.0. The molecular weight excluding hydrogens is 364 g/mol. The van der Waals surface area contributed by atoms with Gasteiger partial charge in [0.15, 0.2) is 0 Å². The molecule has 28 heavy (non-hydrogen) atoms. The Labute approximate surface area is 166 Å². The van der Waals surface area contributed by atoms with Crippen LogP contribution in [0.3, 0.4) is 0 Å². The van der Waals surface area contributed by atoms with Crippen LogP contribution in [-0.4, -0.2) is 61.8 Å². The highest BCUT2D eigenvalue weighted by Gasteiger charge is 2.29. The third kappa shape index (κ3) is 6.89. The van der Waals surface area contributed by atoms with Gasteiger partial charge in [-0.25, -0.2) is 0 Å². The topological polar surface area (TPSA) is 91.3 Å². The largest absolute Gasteiger partial charge is 0.463 e. The van der Waals surface area contributed by atoms with Crippen molar-refractivity contribution in [1.29, 1.82) is 0 Å². The van der Waals surface area contributed by atoms with E-state index in [2.05, 4.69) is 0 Å². The molecule has 2 heterocycles. The summed E-state index contributed by atoms with van der Waals surface area (Å²) < 4.78 is 21.8. The summed E-state index contributed by atoms with van der Waals surface area (Å²) >= 11 is 0. The Bertz CT molecular complexity index is 610. The zero-order valence-electron chi connectivity index (χ0n) is 16.7. The molecule has 0 aromatic rings. The minimum Gasteiger partial charge on any atom is -0.463 e. The molecule has 0 saturated carbocycles. The molecule has 0 saturated heterocycles. The summed E-state index contributed by atoms with van der Waals surface area (Å²) in [6, 6.07) is 0. The molecule has 0 amide bonds. The molecule has 0 fully saturated rings. The van der Waals surface area contributed by atoms with E-state index in [0.717, 1.165) is 0 Å². The van der Waals surface area contributed by atoms with Gasteiger partial charge in [-0.15, -0.1) is 0 Å². The SMILES string of the molecule is COC1COC(=O)C/C=C/[C@@H](C)[C@@H]2C=C[C@H](O)[C@@H](COC(=O)C/C=C/[C@H]1C)O2. The van der Waals surface area contributed by atoms with Crippen LogP contribution in [0.2, 0.25) is 0 Å². The highest BCUT2D eigenvalue weighted by molar-refractivity contribution is 5.71. The van der Waals surface area contributed by atoms with Gasteiger partial charge in [-0.1, -0.05) is 50.3 Å². The molecular formula is C21H30O7. The van der Waals surface area contributed by atoms with Crippen molar-refractivity contribution in [3.05, 3.63) is 36.5 Å². The predicted octanol–water partition coefficient (Wildman–Crippen LogP) is 1.95. The maximum Gasteiger partial charge on any atom is 0.309 e. The van der Waals surface area contributed by atoms with Crippen LogP contribution < -0.4 is 0 Å². The highest BCUT2D eigenvalue weighted by Crippen LogP contribution is 2.21. The van der Waals surface area contributed by atoms with E-state index < -0.39 is 18.2 Å². The molecule has 7 nitrogen and oxygen atoms in total. The maximum atomic E-state index is 12.0. The second-order valence-corrected chi connectivity index (χ2v) is 7.14. The summed E-state index contributed by atoms with van der Waals surface area (Å²) in [4.78, 5) is 23.9. The second kappa shape index (κ2) is 11.1. The standard InChI is InChI=1S/C21H30O7/c1-14-6-4-8-20(23)26-12-18(25-3)15(2)7-5-9-21(24)27-13-19-16(22)10-11-17(14)28-19/h4-7,10-11,14-19,22H,8-9,12-13H2,1-3H3/b6-4+,7-5+/t14-,15-,16+,17+,18?,19-/m1/s1. The van der Waals surface area contributed by atoms with Crippen LogP contribution in [0.25, 0.3) is 0 Å². The molecule has 6 atom stereocenters. The van der Waals surface area contributed by atoms with Gasteiger partial charge < -0.3 is 24.1 Å². The molecule has 2 bridgehead atoms. The Kier molecular flexibility index (Phi) is 8.89. The Hall–Kier alpha value is -1.96. The summed E-state index contributed by atoms with van der Waals surface area (Å²) in [6.45, 7) is 3.99. The Morgan fingerprint density at radius 2 is 1.54 bits per heavy atom. The number of aliphatic hydroxyl groups excluding tert-OH is 1. The summed E-state index contributed by atoms with van der Waals surface area (Å²) in [7, 11) is 1.56. The monoisotopic (exact) mass is 394 g/mol. The average Bonchev–Trinajstić information content (AvgIpc) is 2.67.